The number of fused-ring (bicyclic) bond motifs is 1. The van der Waals surface area contributed by atoms with E-state index in [9.17, 15) is 17.2 Å². The van der Waals surface area contributed by atoms with Crippen LogP contribution in [0.1, 0.15) is 0 Å². The normalized spacial score (nSPS) is 11.8. The monoisotopic (exact) mass is 405 g/mol. The lowest BCUT2D eigenvalue weighted by molar-refractivity contribution is 0.548. The van der Waals surface area contributed by atoms with Crippen molar-refractivity contribution in [1.29, 1.82) is 0 Å². The van der Waals surface area contributed by atoms with Crippen LogP contribution in [0.3, 0.4) is 0 Å². The molecule has 3 aromatic rings. The number of hydrogen-bond acceptors (Lipinski definition) is 5. The molecule has 5 nitrogen and oxygen atoms in total. The highest BCUT2D eigenvalue weighted by Crippen LogP contribution is 2.30. The topological polar surface area (TPSA) is 72.0 Å². The molecule has 0 aliphatic rings. The van der Waals surface area contributed by atoms with Gasteiger partial charge in [-0.3, -0.25) is 4.72 Å². The van der Waals surface area contributed by atoms with E-state index in [4.69, 9.17) is 0 Å². The fourth-order valence-electron chi connectivity index (χ4n) is 1.87. The van der Waals surface area contributed by atoms with Crippen molar-refractivity contribution in [3.05, 3.63) is 46.4 Å². The molecule has 0 unspecified atom stereocenters. The number of hydrogen-bond donors (Lipinski definition) is 1. The molecule has 0 amide bonds. The Labute approximate surface area is 136 Å². The molecule has 0 radical (unpaired) electrons. The third-order valence-electron chi connectivity index (χ3n) is 2.76. The first kappa shape index (κ1) is 15.3. The van der Waals surface area contributed by atoms with Gasteiger partial charge >= 0.3 is 0 Å². The van der Waals surface area contributed by atoms with Gasteiger partial charge in [-0.15, -0.1) is 0 Å². The second kappa shape index (κ2) is 5.52. The first-order valence-corrected chi connectivity index (χ1v) is 8.78. The lowest BCUT2D eigenvalue weighted by Crippen LogP contribution is -2.16. The maximum Gasteiger partial charge on any atom is 0.266 e. The van der Waals surface area contributed by atoms with Crippen LogP contribution in [0.4, 0.5) is 14.5 Å². The Kier molecular flexibility index (Phi) is 3.83. The zero-order valence-electron chi connectivity index (χ0n) is 10.5. The minimum absolute atomic E-state index is 0.168. The zero-order chi connectivity index (χ0) is 15.9. The van der Waals surface area contributed by atoms with Crippen molar-refractivity contribution >= 4 is 54.4 Å². The molecular weight excluding hydrogens is 400 g/mol. The molecule has 0 bridgehead atoms. The summed E-state index contributed by atoms with van der Waals surface area (Å²) < 4.78 is 61.7. The highest BCUT2D eigenvalue weighted by molar-refractivity contribution is 9.10. The fourth-order valence-corrected chi connectivity index (χ4v) is 4.65. The number of nitrogens with zero attached hydrogens (tertiary/aromatic N) is 2. The summed E-state index contributed by atoms with van der Waals surface area (Å²) in [5.74, 6) is -2.07. The fraction of sp³-hybridized carbons (Fsp3) is 0. The molecule has 0 atom stereocenters. The predicted molar refractivity (Wildman–Crippen MR) is 82.3 cm³/mol. The van der Waals surface area contributed by atoms with E-state index in [0.717, 1.165) is 17.8 Å². The molecule has 0 aliphatic carbocycles. The van der Waals surface area contributed by atoms with Crippen LogP contribution in [0.2, 0.25) is 0 Å². The summed E-state index contributed by atoms with van der Waals surface area (Å²) in [7, 11) is -4.26. The molecule has 2 aromatic carbocycles. The Bertz CT molecular complexity index is 952. The average molecular weight is 406 g/mol. The van der Waals surface area contributed by atoms with Gasteiger partial charge in [0.1, 0.15) is 27.6 Å². The van der Waals surface area contributed by atoms with E-state index in [0.29, 0.717) is 17.1 Å². The summed E-state index contributed by atoms with van der Waals surface area (Å²) in [6.07, 6.45) is 0. The molecule has 0 spiro atoms. The molecule has 0 saturated carbocycles. The quantitative estimate of drug-likeness (QED) is 0.723. The van der Waals surface area contributed by atoms with Crippen molar-refractivity contribution < 1.29 is 17.2 Å². The first-order valence-electron chi connectivity index (χ1n) is 5.77. The van der Waals surface area contributed by atoms with Crippen LogP contribution in [0.15, 0.2) is 39.7 Å². The smallest absolute Gasteiger partial charge is 0.266 e. The predicted octanol–water partition coefficient (Wildman–Crippen LogP) is 3.53. The van der Waals surface area contributed by atoms with E-state index < -0.39 is 26.6 Å². The van der Waals surface area contributed by atoms with Gasteiger partial charge in [-0.1, -0.05) is 6.07 Å². The maximum atomic E-state index is 13.8. The van der Waals surface area contributed by atoms with Crippen LogP contribution in [0.5, 0.6) is 0 Å². The van der Waals surface area contributed by atoms with Gasteiger partial charge in [0.25, 0.3) is 10.0 Å². The second-order valence-corrected chi connectivity index (χ2v) is 7.24. The molecule has 1 aromatic heterocycles. The summed E-state index contributed by atoms with van der Waals surface area (Å²) in [4.78, 5) is -0.672. The van der Waals surface area contributed by atoms with Gasteiger partial charge in [0, 0.05) is 10.5 Å². The van der Waals surface area contributed by atoms with Gasteiger partial charge in [0.2, 0.25) is 0 Å². The van der Waals surface area contributed by atoms with E-state index in [1.807, 2.05) is 0 Å². The van der Waals surface area contributed by atoms with E-state index in [1.54, 1.807) is 12.1 Å². The molecule has 0 fully saturated rings. The molecule has 10 heteroatoms. The Morgan fingerprint density at radius 2 is 1.95 bits per heavy atom. The SMILES string of the molecule is O=S(=O)(Nc1cccc2nsnc12)c1c(F)cc(F)cc1Br. The highest BCUT2D eigenvalue weighted by Gasteiger charge is 2.24. The summed E-state index contributed by atoms with van der Waals surface area (Å²) in [5.41, 5.74) is 1.04. The van der Waals surface area contributed by atoms with Crippen molar-refractivity contribution in [3.63, 3.8) is 0 Å². The summed E-state index contributed by atoms with van der Waals surface area (Å²) in [6.45, 7) is 0. The van der Waals surface area contributed by atoms with E-state index >= 15 is 0 Å². The maximum absolute atomic E-state index is 13.8. The minimum Gasteiger partial charge on any atom is -0.277 e. The number of halogens is 3. The van der Waals surface area contributed by atoms with Crippen LogP contribution in [0.25, 0.3) is 11.0 Å². The molecule has 1 N–H and O–H groups in total. The third kappa shape index (κ3) is 2.69. The van der Waals surface area contributed by atoms with Crippen molar-refractivity contribution in [2.45, 2.75) is 4.90 Å². The van der Waals surface area contributed by atoms with Crippen LogP contribution in [-0.2, 0) is 10.0 Å². The molecule has 22 heavy (non-hydrogen) atoms. The lowest BCUT2D eigenvalue weighted by atomic mass is 10.3. The van der Waals surface area contributed by atoms with Gasteiger partial charge in [0.05, 0.1) is 17.4 Å². The van der Waals surface area contributed by atoms with Gasteiger partial charge in [-0.25, -0.2) is 17.2 Å². The van der Waals surface area contributed by atoms with Crippen molar-refractivity contribution in [1.82, 2.24) is 8.75 Å². The molecule has 114 valence electrons. The standard InChI is InChI=1S/C12H6BrF2N3O2S2/c13-7-4-6(14)5-8(15)12(7)22(19,20)18-10-3-1-2-9-11(10)17-21-16-9/h1-5,18H. The average Bonchev–Trinajstić information content (AvgIpc) is 2.85. The van der Waals surface area contributed by atoms with Gasteiger partial charge in [-0.2, -0.15) is 8.75 Å². The number of benzene rings is 2. The molecular formula is C12H6BrF2N3O2S2. The van der Waals surface area contributed by atoms with Crippen LogP contribution in [-0.4, -0.2) is 17.2 Å². The Morgan fingerprint density at radius 3 is 2.68 bits per heavy atom. The van der Waals surface area contributed by atoms with Gasteiger partial charge in [0.15, 0.2) is 0 Å². The van der Waals surface area contributed by atoms with Gasteiger partial charge < -0.3 is 0 Å². The minimum atomic E-state index is -4.26. The van der Waals surface area contributed by atoms with Crippen LogP contribution < -0.4 is 4.72 Å². The highest BCUT2D eigenvalue weighted by atomic mass is 79.9. The number of aromatic nitrogens is 2. The summed E-state index contributed by atoms with van der Waals surface area (Å²) >= 11 is 3.79. The van der Waals surface area contributed by atoms with E-state index in [1.165, 1.54) is 6.07 Å². The summed E-state index contributed by atoms with van der Waals surface area (Å²) in [5, 5.41) is 0. The third-order valence-corrected chi connectivity index (χ3v) is 5.63. The Morgan fingerprint density at radius 1 is 1.18 bits per heavy atom. The van der Waals surface area contributed by atoms with Crippen LogP contribution >= 0.6 is 27.7 Å². The summed E-state index contributed by atoms with van der Waals surface area (Å²) in [6, 6.07) is 6.13. The van der Waals surface area contributed by atoms with Crippen molar-refractivity contribution in [2.24, 2.45) is 0 Å². The van der Waals surface area contributed by atoms with Crippen LogP contribution in [0, 0.1) is 11.6 Å². The largest absolute Gasteiger partial charge is 0.277 e. The Balaban J connectivity index is 2.10. The van der Waals surface area contributed by atoms with Gasteiger partial charge in [-0.05, 0) is 34.1 Å². The molecule has 0 aliphatic heterocycles. The second-order valence-electron chi connectivity index (χ2n) is 4.24. The number of sulfonamides is 1. The van der Waals surface area contributed by atoms with E-state index in [2.05, 4.69) is 29.4 Å². The number of anilines is 1. The molecule has 0 saturated heterocycles. The lowest BCUT2D eigenvalue weighted by Gasteiger charge is -2.10. The zero-order valence-corrected chi connectivity index (χ0v) is 13.8. The molecule has 3 rings (SSSR count). The number of nitrogens with one attached hydrogen (secondary N) is 1. The van der Waals surface area contributed by atoms with E-state index in [-0.39, 0.29) is 10.2 Å². The first-order chi connectivity index (χ1) is 10.4. The van der Waals surface area contributed by atoms with Crippen molar-refractivity contribution in [3.8, 4) is 0 Å². The Hall–Kier alpha value is -1.65. The molecule has 1 heterocycles. The van der Waals surface area contributed by atoms with Crippen molar-refractivity contribution in [2.75, 3.05) is 4.72 Å². The number of rotatable bonds is 3.